The Labute approximate surface area is 226 Å². The molecule has 0 fully saturated rings. The van der Waals surface area contributed by atoms with Crippen LogP contribution in [-0.4, -0.2) is 14.7 Å². The first kappa shape index (κ1) is 26.0. The van der Waals surface area contributed by atoms with Crippen LogP contribution >= 0.6 is 0 Å². The molecule has 0 radical (unpaired) electrons. The van der Waals surface area contributed by atoms with Crippen molar-refractivity contribution in [1.82, 2.24) is 9.55 Å². The summed E-state index contributed by atoms with van der Waals surface area (Å²) in [6, 6.07) is 34.6. The quantitative estimate of drug-likeness (QED) is 0.220. The van der Waals surface area contributed by atoms with E-state index in [2.05, 4.69) is 41.4 Å². The third-order valence-corrected chi connectivity index (χ3v) is 7.12. The van der Waals surface area contributed by atoms with Crippen LogP contribution < -0.4 is 0 Å². The summed E-state index contributed by atoms with van der Waals surface area (Å²) in [5.74, 6) is -1.86. The van der Waals surface area contributed by atoms with Crippen LogP contribution in [0.5, 0.6) is 0 Å². The predicted molar refractivity (Wildman–Crippen MR) is 146 cm³/mol. The number of rotatable bonds is 9. The molecule has 1 aromatic heterocycles. The molecular weight excluding hydrogens is 492 g/mol. The number of nitriles is 1. The maximum atomic E-state index is 14.4. The van der Waals surface area contributed by atoms with E-state index in [4.69, 9.17) is 5.26 Å². The average molecular weight is 520 g/mol. The van der Waals surface area contributed by atoms with Crippen LogP contribution in [0.25, 0.3) is 0 Å². The molecule has 1 atom stereocenters. The van der Waals surface area contributed by atoms with E-state index < -0.39 is 28.7 Å². The van der Waals surface area contributed by atoms with Crippen molar-refractivity contribution in [3.63, 3.8) is 0 Å². The Kier molecular flexibility index (Phi) is 7.62. The highest BCUT2D eigenvalue weighted by Crippen LogP contribution is 2.40. The number of aliphatic hydroxyl groups excluding tert-OH is 1. The highest BCUT2D eigenvalue weighted by atomic mass is 19.1. The number of imidazole rings is 1. The van der Waals surface area contributed by atoms with E-state index in [0.717, 1.165) is 28.8 Å². The molecule has 6 heteroatoms. The smallest absolute Gasteiger partial charge is 0.133 e. The molecule has 0 aliphatic heterocycles. The Balaban J connectivity index is 1.45. The summed E-state index contributed by atoms with van der Waals surface area (Å²) in [5, 5.41) is 19.5. The van der Waals surface area contributed by atoms with Crippen LogP contribution in [0.15, 0.2) is 116 Å². The summed E-state index contributed by atoms with van der Waals surface area (Å²) in [7, 11) is 0. The molecule has 0 aliphatic rings. The van der Waals surface area contributed by atoms with Crippen molar-refractivity contribution in [2.24, 2.45) is 0 Å². The second-order valence-electron chi connectivity index (χ2n) is 9.56. The van der Waals surface area contributed by atoms with Crippen LogP contribution in [-0.2, 0) is 18.4 Å². The van der Waals surface area contributed by atoms with E-state index in [0.29, 0.717) is 18.7 Å². The predicted octanol–water partition coefficient (Wildman–Crippen LogP) is 6.73. The van der Waals surface area contributed by atoms with Gasteiger partial charge < -0.3 is 9.67 Å². The molecular formula is C33H27F2N3O. The maximum absolute atomic E-state index is 14.4. The zero-order valence-electron chi connectivity index (χ0n) is 21.2. The van der Waals surface area contributed by atoms with Gasteiger partial charge in [-0.05, 0) is 41.7 Å². The number of hydrogen-bond acceptors (Lipinski definition) is 3. The summed E-state index contributed by atoms with van der Waals surface area (Å²) in [6.45, 7) is 0.569. The number of aromatic nitrogens is 2. The number of nitrogens with zero attached hydrogens (tertiary/aromatic N) is 3. The monoisotopic (exact) mass is 519 g/mol. The van der Waals surface area contributed by atoms with E-state index >= 15 is 0 Å². The molecule has 1 heterocycles. The van der Waals surface area contributed by atoms with E-state index in [1.807, 2.05) is 65.4 Å². The molecule has 0 aliphatic carbocycles. The van der Waals surface area contributed by atoms with Crippen molar-refractivity contribution in [3.05, 3.63) is 161 Å². The molecule has 0 bridgehead atoms. The molecule has 0 spiro atoms. The summed E-state index contributed by atoms with van der Waals surface area (Å²) in [5.41, 5.74) is 3.06. The van der Waals surface area contributed by atoms with Gasteiger partial charge in [0.15, 0.2) is 0 Å². The number of benzene rings is 4. The van der Waals surface area contributed by atoms with Gasteiger partial charge >= 0.3 is 0 Å². The number of halogens is 2. The van der Waals surface area contributed by atoms with Crippen LogP contribution in [0.1, 0.15) is 46.0 Å². The normalized spacial score (nSPS) is 12.2. The molecule has 39 heavy (non-hydrogen) atoms. The lowest BCUT2D eigenvalue weighted by atomic mass is 9.69. The summed E-state index contributed by atoms with van der Waals surface area (Å²) < 4.78 is 30.8. The van der Waals surface area contributed by atoms with Crippen LogP contribution in [0, 0.1) is 23.0 Å². The molecule has 0 saturated carbocycles. The van der Waals surface area contributed by atoms with Crippen molar-refractivity contribution < 1.29 is 13.9 Å². The number of aliphatic hydroxyl groups is 1. The van der Waals surface area contributed by atoms with Gasteiger partial charge in [-0.3, -0.25) is 0 Å². The zero-order valence-corrected chi connectivity index (χ0v) is 21.2. The largest absolute Gasteiger partial charge is 0.388 e. The zero-order chi connectivity index (χ0) is 27.2. The Bertz CT molecular complexity index is 1460. The third-order valence-electron chi connectivity index (χ3n) is 7.12. The van der Waals surface area contributed by atoms with E-state index in [1.165, 1.54) is 0 Å². The van der Waals surface area contributed by atoms with E-state index in [-0.39, 0.29) is 12.0 Å². The lowest BCUT2D eigenvalue weighted by Crippen LogP contribution is -2.34. The van der Waals surface area contributed by atoms with Gasteiger partial charge in [0.25, 0.3) is 0 Å². The average Bonchev–Trinajstić information content (AvgIpc) is 3.43. The van der Waals surface area contributed by atoms with Gasteiger partial charge in [0.1, 0.15) is 11.6 Å². The lowest BCUT2D eigenvalue weighted by molar-refractivity contribution is 0.158. The first-order chi connectivity index (χ1) is 19.0. The van der Waals surface area contributed by atoms with E-state index in [9.17, 15) is 13.9 Å². The van der Waals surface area contributed by atoms with Crippen molar-refractivity contribution in [2.45, 2.75) is 30.9 Å². The Hall–Kier alpha value is -4.60. The van der Waals surface area contributed by atoms with Crippen molar-refractivity contribution >= 4 is 0 Å². The van der Waals surface area contributed by atoms with Crippen LogP contribution in [0.3, 0.4) is 0 Å². The Morgan fingerprint density at radius 1 is 0.821 bits per heavy atom. The van der Waals surface area contributed by atoms with Crippen molar-refractivity contribution in [1.29, 1.82) is 5.26 Å². The molecule has 4 nitrogen and oxygen atoms in total. The minimum atomic E-state index is -1.36. The van der Waals surface area contributed by atoms with Crippen molar-refractivity contribution in [2.75, 3.05) is 0 Å². The Morgan fingerprint density at radius 2 is 1.31 bits per heavy atom. The Morgan fingerprint density at radius 3 is 1.77 bits per heavy atom. The minimum absolute atomic E-state index is 0.0813. The fraction of sp³-hybridized carbons (Fsp3) is 0.152. The first-order valence-electron chi connectivity index (χ1n) is 12.8. The number of hydrogen-bond donors (Lipinski definition) is 1. The second kappa shape index (κ2) is 11.4. The van der Waals surface area contributed by atoms with Gasteiger partial charge in [-0.2, -0.15) is 5.26 Å². The van der Waals surface area contributed by atoms with Gasteiger partial charge in [0.05, 0.1) is 40.7 Å². The molecule has 0 saturated heterocycles. The first-order valence-corrected chi connectivity index (χ1v) is 12.8. The van der Waals surface area contributed by atoms with Crippen LogP contribution in [0.2, 0.25) is 0 Å². The lowest BCUT2D eigenvalue weighted by Gasteiger charge is -2.36. The fourth-order valence-electron chi connectivity index (χ4n) is 5.23. The molecule has 5 aromatic rings. The van der Waals surface area contributed by atoms with Gasteiger partial charge in [0.2, 0.25) is 0 Å². The maximum Gasteiger partial charge on any atom is 0.133 e. The molecule has 1 unspecified atom stereocenters. The molecule has 194 valence electrons. The standard InChI is InChI=1S/C33H27F2N3O/c34-29-18-24(20-36)19-30(35)32(29)31(39)17-16-28-21-38(23-37-28)22-33(25-10-4-1-5-11-25,26-12-6-2-7-13-26)27-14-8-3-9-15-27/h1-15,18-19,21,23,31,39H,16-17,22H2. The van der Waals surface area contributed by atoms with Gasteiger partial charge in [-0.25, -0.2) is 13.8 Å². The van der Waals surface area contributed by atoms with Gasteiger partial charge in [0, 0.05) is 12.7 Å². The summed E-state index contributed by atoms with van der Waals surface area (Å²) >= 11 is 0. The summed E-state index contributed by atoms with van der Waals surface area (Å²) in [6.07, 6.45) is 2.72. The van der Waals surface area contributed by atoms with Gasteiger partial charge in [-0.15, -0.1) is 0 Å². The van der Waals surface area contributed by atoms with Crippen molar-refractivity contribution in [3.8, 4) is 6.07 Å². The second-order valence-corrected chi connectivity index (χ2v) is 9.56. The summed E-state index contributed by atoms with van der Waals surface area (Å²) in [4.78, 5) is 4.54. The molecule has 0 amide bonds. The SMILES string of the molecule is N#Cc1cc(F)c(C(O)CCc2cn(CC(c3ccccc3)(c3ccccc3)c3ccccc3)cn2)c(F)c1. The fourth-order valence-corrected chi connectivity index (χ4v) is 5.23. The third kappa shape index (κ3) is 5.36. The van der Waals surface area contributed by atoms with Gasteiger partial charge in [-0.1, -0.05) is 91.0 Å². The highest BCUT2D eigenvalue weighted by Gasteiger charge is 2.36. The minimum Gasteiger partial charge on any atom is -0.388 e. The number of aryl methyl sites for hydroxylation is 1. The van der Waals surface area contributed by atoms with Crippen LogP contribution in [0.4, 0.5) is 8.78 Å². The molecule has 1 N–H and O–H groups in total. The molecule has 5 rings (SSSR count). The highest BCUT2D eigenvalue weighted by molar-refractivity contribution is 5.50. The topological polar surface area (TPSA) is 61.8 Å². The molecule has 4 aromatic carbocycles. The van der Waals surface area contributed by atoms with E-state index in [1.54, 1.807) is 12.4 Å².